The average molecular weight is 328 g/mol. The monoisotopic (exact) mass is 328 g/mol. The third kappa shape index (κ3) is 5.17. The number of benzene rings is 2. The number of hydrogen-bond donors (Lipinski definition) is 1. The third-order valence-electron chi connectivity index (χ3n) is 4.23. The van der Waals surface area contributed by atoms with Gasteiger partial charge in [0.05, 0.1) is 6.04 Å². The zero-order chi connectivity index (χ0) is 17.5. The van der Waals surface area contributed by atoms with Crippen molar-refractivity contribution in [3.8, 4) is 0 Å². The van der Waals surface area contributed by atoms with Crippen molar-refractivity contribution in [3.63, 3.8) is 0 Å². The van der Waals surface area contributed by atoms with Crippen LogP contribution in [0.1, 0.15) is 36.4 Å². The maximum atomic E-state index is 13.0. The predicted octanol–water partition coefficient (Wildman–Crippen LogP) is 3.74. The van der Waals surface area contributed by atoms with E-state index < -0.39 is 0 Å². The van der Waals surface area contributed by atoms with Gasteiger partial charge in [-0.05, 0) is 43.3 Å². The van der Waals surface area contributed by atoms with Gasteiger partial charge in [-0.1, -0.05) is 49.4 Å². The molecule has 2 aromatic rings. The molecule has 4 heteroatoms. The van der Waals surface area contributed by atoms with Crippen LogP contribution in [0.25, 0.3) is 0 Å². The third-order valence-corrected chi connectivity index (χ3v) is 4.23. The minimum atomic E-state index is -0.257. The Morgan fingerprint density at radius 3 is 2.25 bits per heavy atom. The molecule has 2 aromatic carbocycles. The molecule has 2 unspecified atom stereocenters. The normalized spacial score (nSPS) is 13.5. The Morgan fingerprint density at radius 1 is 1.04 bits per heavy atom. The van der Waals surface area contributed by atoms with Gasteiger partial charge in [0.25, 0.3) is 0 Å². The Bertz CT molecular complexity index is 640. The van der Waals surface area contributed by atoms with Crippen molar-refractivity contribution in [1.29, 1.82) is 0 Å². The maximum absolute atomic E-state index is 13.0. The summed E-state index contributed by atoms with van der Waals surface area (Å²) in [6, 6.07) is 16.6. The number of amides is 1. The van der Waals surface area contributed by atoms with E-state index in [9.17, 15) is 9.18 Å². The van der Waals surface area contributed by atoms with Crippen molar-refractivity contribution in [2.75, 3.05) is 20.6 Å². The first-order valence-corrected chi connectivity index (χ1v) is 8.21. The van der Waals surface area contributed by atoms with Crippen molar-refractivity contribution in [1.82, 2.24) is 10.2 Å². The average Bonchev–Trinajstić information content (AvgIpc) is 2.56. The molecule has 1 amide bonds. The molecule has 1 N–H and O–H groups in total. The lowest BCUT2D eigenvalue weighted by molar-refractivity contribution is -0.121. The van der Waals surface area contributed by atoms with E-state index in [0.29, 0.717) is 13.0 Å². The van der Waals surface area contributed by atoms with Gasteiger partial charge in [0.1, 0.15) is 5.82 Å². The van der Waals surface area contributed by atoms with Gasteiger partial charge in [0.2, 0.25) is 5.91 Å². The van der Waals surface area contributed by atoms with Crippen LogP contribution in [0.3, 0.4) is 0 Å². The van der Waals surface area contributed by atoms with Crippen LogP contribution in [0.5, 0.6) is 0 Å². The summed E-state index contributed by atoms with van der Waals surface area (Å²) in [6.07, 6.45) is 0.389. The molecule has 0 aromatic heterocycles. The molecule has 2 atom stereocenters. The van der Waals surface area contributed by atoms with Crippen molar-refractivity contribution in [3.05, 3.63) is 71.5 Å². The molecule has 0 aliphatic rings. The first kappa shape index (κ1) is 18.1. The minimum Gasteiger partial charge on any atom is -0.354 e. The highest BCUT2D eigenvalue weighted by Gasteiger charge is 2.16. The number of carbonyl (C=O) groups is 1. The standard InChI is InChI=1S/C20H25FN2O/c1-15(16-9-11-18(21)12-10-16)13-20(24)22-14-19(23(2)3)17-7-5-4-6-8-17/h4-12,15,19H,13-14H2,1-3H3,(H,22,24). The highest BCUT2D eigenvalue weighted by molar-refractivity contribution is 5.76. The quantitative estimate of drug-likeness (QED) is 0.840. The summed E-state index contributed by atoms with van der Waals surface area (Å²) in [7, 11) is 4.01. The summed E-state index contributed by atoms with van der Waals surface area (Å²) < 4.78 is 13.0. The Balaban J connectivity index is 1.90. The lowest BCUT2D eigenvalue weighted by Crippen LogP contribution is -2.34. The van der Waals surface area contributed by atoms with Crippen LogP contribution in [0.2, 0.25) is 0 Å². The van der Waals surface area contributed by atoms with Gasteiger partial charge >= 0.3 is 0 Å². The molecule has 0 fully saturated rings. The van der Waals surface area contributed by atoms with Crippen molar-refractivity contribution < 1.29 is 9.18 Å². The fourth-order valence-corrected chi connectivity index (χ4v) is 2.74. The SMILES string of the molecule is CC(CC(=O)NCC(c1ccccc1)N(C)C)c1ccc(F)cc1. The molecular weight excluding hydrogens is 303 g/mol. The summed E-state index contributed by atoms with van der Waals surface area (Å²) in [5.41, 5.74) is 2.15. The van der Waals surface area contributed by atoms with Crippen LogP contribution in [0, 0.1) is 5.82 Å². The van der Waals surface area contributed by atoms with E-state index >= 15 is 0 Å². The van der Waals surface area contributed by atoms with Gasteiger partial charge < -0.3 is 10.2 Å². The lowest BCUT2D eigenvalue weighted by Gasteiger charge is -2.25. The van der Waals surface area contributed by atoms with Gasteiger partial charge in [0, 0.05) is 13.0 Å². The Hall–Kier alpha value is -2.20. The Morgan fingerprint density at radius 2 is 1.67 bits per heavy atom. The molecule has 0 saturated heterocycles. The van der Waals surface area contributed by atoms with E-state index in [1.807, 2.05) is 39.2 Å². The van der Waals surface area contributed by atoms with Gasteiger partial charge in [-0.25, -0.2) is 4.39 Å². The fourth-order valence-electron chi connectivity index (χ4n) is 2.74. The smallest absolute Gasteiger partial charge is 0.220 e. The van der Waals surface area contributed by atoms with E-state index in [4.69, 9.17) is 0 Å². The first-order valence-electron chi connectivity index (χ1n) is 8.21. The van der Waals surface area contributed by atoms with Crippen molar-refractivity contribution >= 4 is 5.91 Å². The van der Waals surface area contributed by atoms with Crippen LogP contribution >= 0.6 is 0 Å². The lowest BCUT2D eigenvalue weighted by atomic mass is 9.97. The van der Waals surface area contributed by atoms with Gasteiger partial charge in [-0.2, -0.15) is 0 Å². The van der Waals surface area contributed by atoms with Crippen molar-refractivity contribution in [2.45, 2.75) is 25.3 Å². The molecule has 0 aliphatic carbocycles. The molecule has 0 spiro atoms. The predicted molar refractivity (Wildman–Crippen MR) is 95.3 cm³/mol. The molecule has 0 aliphatic heterocycles. The van der Waals surface area contributed by atoms with E-state index in [0.717, 1.165) is 5.56 Å². The van der Waals surface area contributed by atoms with Crippen LogP contribution in [0.4, 0.5) is 4.39 Å². The second kappa shape index (κ2) is 8.60. The maximum Gasteiger partial charge on any atom is 0.220 e. The zero-order valence-electron chi connectivity index (χ0n) is 14.5. The van der Waals surface area contributed by atoms with E-state index in [-0.39, 0.29) is 23.7 Å². The fraction of sp³-hybridized carbons (Fsp3) is 0.350. The number of carbonyl (C=O) groups excluding carboxylic acids is 1. The van der Waals surface area contributed by atoms with Crippen LogP contribution in [0.15, 0.2) is 54.6 Å². The van der Waals surface area contributed by atoms with Crippen molar-refractivity contribution in [2.24, 2.45) is 0 Å². The van der Waals surface area contributed by atoms with Gasteiger partial charge in [-0.3, -0.25) is 4.79 Å². The first-order chi connectivity index (χ1) is 11.5. The second-order valence-electron chi connectivity index (χ2n) is 6.35. The van der Waals surface area contributed by atoms with E-state index in [1.165, 1.54) is 17.7 Å². The van der Waals surface area contributed by atoms with Crippen LogP contribution in [-0.2, 0) is 4.79 Å². The largest absolute Gasteiger partial charge is 0.354 e. The Labute approximate surface area is 143 Å². The topological polar surface area (TPSA) is 32.3 Å². The number of likely N-dealkylation sites (N-methyl/N-ethyl adjacent to an activating group) is 1. The molecule has 0 radical (unpaired) electrons. The molecule has 128 valence electrons. The molecule has 0 heterocycles. The number of halogens is 1. The van der Waals surface area contributed by atoms with Gasteiger partial charge in [0.15, 0.2) is 0 Å². The summed E-state index contributed by atoms with van der Waals surface area (Å²) in [5.74, 6) is -0.193. The minimum absolute atomic E-state index is 0.00889. The summed E-state index contributed by atoms with van der Waals surface area (Å²) in [6.45, 7) is 2.54. The van der Waals surface area contributed by atoms with Gasteiger partial charge in [-0.15, -0.1) is 0 Å². The summed E-state index contributed by atoms with van der Waals surface area (Å²) in [5, 5.41) is 3.02. The molecule has 0 saturated carbocycles. The molecule has 24 heavy (non-hydrogen) atoms. The molecule has 0 bridgehead atoms. The summed E-state index contributed by atoms with van der Waals surface area (Å²) in [4.78, 5) is 14.3. The molecule has 2 rings (SSSR count). The number of nitrogens with one attached hydrogen (secondary N) is 1. The number of nitrogens with zero attached hydrogens (tertiary/aromatic N) is 1. The van der Waals surface area contributed by atoms with Crippen LogP contribution in [-0.4, -0.2) is 31.4 Å². The number of hydrogen-bond acceptors (Lipinski definition) is 2. The summed E-state index contributed by atoms with van der Waals surface area (Å²) >= 11 is 0. The highest BCUT2D eigenvalue weighted by atomic mass is 19.1. The second-order valence-corrected chi connectivity index (χ2v) is 6.35. The highest BCUT2D eigenvalue weighted by Crippen LogP contribution is 2.20. The van der Waals surface area contributed by atoms with Crippen LogP contribution < -0.4 is 5.32 Å². The van der Waals surface area contributed by atoms with E-state index in [2.05, 4.69) is 22.3 Å². The molecule has 3 nitrogen and oxygen atoms in total. The zero-order valence-corrected chi connectivity index (χ0v) is 14.5. The Kier molecular flexibility index (Phi) is 6.50. The number of rotatable bonds is 7. The van der Waals surface area contributed by atoms with E-state index in [1.54, 1.807) is 12.1 Å². The molecular formula is C20H25FN2O.